The van der Waals surface area contributed by atoms with Crippen molar-refractivity contribution in [2.24, 2.45) is 13.0 Å². The minimum absolute atomic E-state index is 0.530. The van der Waals surface area contributed by atoms with Crippen LogP contribution in [0.1, 0.15) is 61.6 Å². The molecule has 2 aromatic carbocycles. The second kappa shape index (κ2) is 7.46. The Morgan fingerprint density at radius 1 is 0.889 bits per heavy atom. The van der Waals surface area contributed by atoms with E-state index in [1.807, 2.05) is 0 Å². The van der Waals surface area contributed by atoms with Crippen LogP contribution in [0.3, 0.4) is 0 Å². The first-order chi connectivity index (χ1) is 12.7. The van der Waals surface area contributed by atoms with Gasteiger partial charge in [0.15, 0.2) is 5.69 Å². The molecule has 0 saturated carbocycles. The number of aryl methyl sites for hydroxylation is 2. The summed E-state index contributed by atoms with van der Waals surface area (Å²) in [6.07, 6.45) is 1.13. The lowest BCUT2D eigenvalue weighted by atomic mass is 9.90. The smallest absolute Gasteiger partial charge is 0.198 e. The first-order valence-electron chi connectivity index (χ1n) is 10.2. The molecule has 0 spiro atoms. The summed E-state index contributed by atoms with van der Waals surface area (Å²) in [6.45, 7) is 15.8. The molecule has 3 aromatic rings. The summed E-state index contributed by atoms with van der Waals surface area (Å²) in [5.74, 6) is 1.21. The molecule has 0 atom stereocenters. The standard InChI is InChI=1S/C26H34N/c1-16(2)11-21-9-10-24-23(14-21)13-19(6)27(8)26(24)25-15-22(17(3)4)12-18(5)20(25)7/h9-10,12-17H,11H2,1-8H3/q+1. The van der Waals surface area contributed by atoms with E-state index in [2.05, 4.69) is 96.5 Å². The summed E-state index contributed by atoms with van der Waals surface area (Å²) in [5.41, 5.74) is 9.61. The van der Waals surface area contributed by atoms with Gasteiger partial charge < -0.3 is 0 Å². The monoisotopic (exact) mass is 360 g/mol. The lowest BCUT2D eigenvalue weighted by Crippen LogP contribution is -2.35. The Morgan fingerprint density at radius 3 is 2.22 bits per heavy atom. The maximum atomic E-state index is 2.41. The normalized spacial score (nSPS) is 11.8. The van der Waals surface area contributed by atoms with Crippen LogP contribution >= 0.6 is 0 Å². The number of nitrogens with zero attached hydrogens (tertiary/aromatic N) is 1. The van der Waals surface area contributed by atoms with Crippen molar-refractivity contribution in [1.29, 1.82) is 0 Å². The molecule has 0 fully saturated rings. The van der Waals surface area contributed by atoms with Crippen LogP contribution in [0.5, 0.6) is 0 Å². The number of pyridine rings is 1. The number of hydrogen-bond acceptors (Lipinski definition) is 0. The molecular weight excluding hydrogens is 326 g/mol. The van der Waals surface area contributed by atoms with Gasteiger partial charge in [0, 0.05) is 13.0 Å². The van der Waals surface area contributed by atoms with Gasteiger partial charge in [-0.1, -0.05) is 45.9 Å². The van der Waals surface area contributed by atoms with Crippen molar-refractivity contribution in [1.82, 2.24) is 0 Å². The van der Waals surface area contributed by atoms with Gasteiger partial charge in [0.2, 0.25) is 5.69 Å². The van der Waals surface area contributed by atoms with Crippen LogP contribution in [0.2, 0.25) is 0 Å². The molecule has 0 radical (unpaired) electrons. The molecule has 0 N–H and O–H groups in total. The van der Waals surface area contributed by atoms with E-state index in [0.717, 1.165) is 6.42 Å². The summed E-state index contributed by atoms with van der Waals surface area (Å²) >= 11 is 0. The number of fused-ring (bicyclic) bond motifs is 1. The topological polar surface area (TPSA) is 3.88 Å². The van der Waals surface area contributed by atoms with Crippen molar-refractivity contribution in [3.8, 4) is 11.3 Å². The van der Waals surface area contributed by atoms with Crippen molar-refractivity contribution in [3.05, 3.63) is 64.3 Å². The highest BCUT2D eigenvalue weighted by atomic mass is 14.9. The van der Waals surface area contributed by atoms with Crippen molar-refractivity contribution in [2.75, 3.05) is 0 Å². The summed E-state index contributed by atoms with van der Waals surface area (Å²) in [6, 6.07) is 14.1. The highest BCUT2D eigenvalue weighted by molar-refractivity contribution is 5.94. The number of rotatable bonds is 4. The van der Waals surface area contributed by atoms with E-state index in [-0.39, 0.29) is 0 Å². The zero-order valence-corrected chi connectivity index (χ0v) is 18.3. The van der Waals surface area contributed by atoms with Crippen LogP contribution < -0.4 is 4.57 Å². The molecule has 142 valence electrons. The molecule has 1 heterocycles. The third kappa shape index (κ3) is 3.78. The minimum Gasteiger partial charge on any atom is -0.198 e. The quantitative estimate of drug-likeness (QED) is 0.463. The van der Waals surface area contributed by atoms with Crippen LogP contribution in [0.25, 0.3) is 22.0 Å². The Labute approximate surface area is 165 Å². The average Bonchev–Trinajstić information content (AvgIpc) is 2.58. The number of hydrogen-bond donors (Lipinski definition) is 0. The van der Waals surface area contributed by atoms with E-state index < -0.39 is 0 Å². The molecule has 0 amide bonds. The van der Waals surface area contributed by atoms with Gasteiger partial charge in [-0.05, 0) is 71.9 Å². The van der Waals surface area contributed by atoms with E-state index in [9.17, 15) is 0 Å². The van der Waals surface area contributed by atoms with E-state index >= 15 is 0 Å². The number of aromatic nitrogens is 1. The molecule has 27 heavy (non-hydrogen) atoms. The molecule has 1 nitrogen and oxygen atoms in total. The molecule has 0 aliphatic carbocycles. The maximum absolute atomic E-state index is 2.41. The average molecular weight is 361 g/mol. The van der Waals surface area contributed by atoms with Gasteiger partial charge >= 0.3 is 0 Å². The van der Waals surface area contributed by atoms with Gasteiger partial charge in [0.25, 0.3) is 0 Å². The second-order valence-corrected chi connectivity index (χ2v) is 8.88. The van der Waals surface area contributed by atoms with Gasteiger partial charge in [0.05, 0.1) is 10.9 Å². The van der Waals surface area contributed by atoms with Crippen LogP contribution in [0.4, 0.5) is 0 Å². The van der Waals surface area contributed by atoms with Gasteiger partial charge in [-0.3, -0.25) is 0 Å². The lowest BCUT2D eigenvalue weighted by molar-refractivity contribution is -0.665. The summed E-state index contributed by atoms with van der Waals surface area (Å²) in [4.78, 5) is 0. The third-order valence-corrected chi connectivity index (χ3v) is 5.86. The Balaban J connectivity index is 2.33. The van der Waals surface area contributed by atoms with Gasteiger partial charge in [-0.2, -0.15) is 4.57 Å². The highest BCUT2D eigenvalue weighted by Gasteiger charge is 2.21. The van der Waals surface area contributed by atoms with Crippen LogP contribution in [-0.4, -0.2) is 0 Å². The van der Waals surface area contributed by atoms with Crippen LogP contribution in [-0.2, 0) is 13.5 Å². The molecule has 1 heteroatoms. The Kier molecular flexibility index (Phi) is 5.42. The maximum Gasteiger partial charge on any atom is 0.220 e. The molecule has 0 unspecified atom stereocenters. The Hall–Kier alpha value is -2.15. The van der Waals surface area contributed by atoms with E-state index in [4.69, 9.17) is 0 Å². The molecule has 0 saturated heterocycles. The molecule has 3 rings (SSSR count). The largest absolute Gasteiger partial charge is 0.220 e. The third-order valence-electron chi connectivity index (χ3n) is 5.86. The zero-order chi connectivity index (χ0) is 19.9. The minimum atomic E-state index is 0.530. The summed E-state index contributed by atoms with van der Waals surface area (Å²) in [5, 5.41) is 2.70. The highest BCUT2D eigenvalue weighted by Crippen LogP contribution is 2.33. The second-order valence-electron chi connectivity index (χ2n) is 8.88. The molecule has 1 aromatic heterocycles. The lowest BCUT2D eigenvalue weighted by Gasteiger charge is -2.16. The predicted molar refractivity (Wildman–Crippen MR) is 117 cm³/mol. The zero-order valence-electron chi connectivity index (χ0n) is 18.3. The van der Waals surface area contributed by atoms with Crippen molar-refractivity contribution >= 4 is 10.8 Å². The molecule has 0 bridgehead atoms. The summed E-state index contributed by atoms with van der Waals surface area (Å²) in [7, 11) is 2.20. The molecule has 0 aliphatic rings. The first kappa shape index (κ1) is 19.6. The van der Waals surface area contributed by atoms with Crippen LogP contribution in [0, 0.1) is 26.7 Å². The SMILES string of the molecule is Cc1cc(C(C)C)cc(-c2c3ccc(CC(C)C)cc3cc(C)[n+]2C)c1C. The van der Waals surface area contributed by atoms with Gasteiger partial charge in [0.1, 0.15) is 7.05 Å². The summed E-state index contributed by atoms with van der Waals surface area (Å²) < 4.78 is 2.36. The van der Waals surface area contributed by atoms with E-state index in [1.165, 1.54) is 50.0 Å². The van der Waals surface area contributed by atoms with Crippen LogP contribution in [0.15, 0.2) is 36.4 Å². The fourth-order valence-electron chi connectivity index (χ4n) is 4.02. The van der Waals surface area contributed by atoms with E-state index in [0.29, 0.717) is 11.8 Å². The van der Waals surface area contributed by atoms with Gasteiger partial charge in [-0.15, -0.1) is 0 Å². The fraction of sp³-hybridized carbons (Fsp3) is 0.423. The van der Waals surface area contributed by atoms with Crippen molar-refractivity contribution in [3.63, 3.8) is 0 Å². The molecule has 0 aliphatic heterocycles. The van der Waals surface area contributed by atoms with Gasteiger partial charge in [-0.25, -0.2) is 0 Å². The van der Waals surface area contributed by atoms with Crippen molar-refractivity contribution < 1.29 is 4.57 Å². The van der Waals surface area contributed by atoms with Crippen molar-refractivity contribution in [2.45, 2.75) is 60.8 Å². The first-order valence-corrected chi connectivity index (χ1v) is 10.2. The molecular formula is C26H34N+. The van der Waals surface area contributed by atoms with E-state index in [1.54, 1.807) is 0 Å². The number of benzene rings is 2. The Bertz CT molecular complexity index is 993. The fourth-order valence-corrected chi connectivity index (χ4v) is 4.02. The Morgan fingerprint density at radius 2 is 1.59 bits per heavy atom. The predicted octanol–water partition coefficient (Wildman–Crippen LogP) is 6.58.